The van der Waals surface area contributed by atoms with Gasteiger partial charge < -0.3 is 14.5 Å². The Morgan fingerprint density at radius 2 is 2.22 bits per heavy atom. The lowest BCUT2D eigenvalue weighted by atomic mass is 9.96. The fourth-order valence-electron chi connectivity index (χ4n) is 3.00. The lowest BCUT2D eigenvalue weighted by molar-refractivity contribution is -0.132. The number of aliphatic hydroxyl groups excluding tert-OH is 1. The van der Waals surface area contributed by atoms with Crippen LogP contribution in [-0.4, -0.2) is 44.7 Å². The quantitative estimate of drug-likeness (QED) is 0.870. The highest BCUT2D eigenvalue weighted by molar-refractivity contribution is 5.76. The number of hydrogen-bond donors (Lipinski definition) is 1. The van der Waals surface area contributed by atoms with Crippen LogP contribution in [0.5, 0.6) is 0 Å². The van der Waals surface area contributed by atoms with Crippen LogP contribution in [0.4, 0.5) is 0 Å². The maximum Gasteiger partial charge on any atom is 0.226 e. The third-order valence-corrected chi connectivity index (χ3v) is 4.23. The Hall–Kier alpha value is -1.43. The number of aryl methyl sites for hydroxylation is 1. The van der Waals surface area contributed by atoms with Crippen LogP contribution in [0.2, 0.25) is 0 Å². The van der Waals surface area contributed by atoms with Crippen molar-refractivity contribution in [2.24, 2.45) is 0 Å². The van der Waals surface area contributed by atoms with Gasteiger partial charge in [0, 0.05) is 30.8 Å². The third kappa shape index (κ3) is 5.03. The highest BCUT2D eigenvalue weighted by Gasteiger charge is 2.29. The minimum absolute atomic E-state index is 0.124. The van der Waals surface area contributed by atoms with Gasteiger partial charge in [0.1, 0.15) is 0 Å². The Bertz CT molecular complexity index is 519. The second-order valence-corrected chi connectivity index (χ2v) is 7.58. The van der Waals surface area contributed by atoms with Crippen LogP contribution in [-0.2, 0) is 16.6 Å². The van der Waals surface area contributed by atoms with Crippen LogP contribution < -0.4 is 0 Å². The van der Waals surface area contributed by atoms with Crippen molar-refractivity contribution in [3.8, 4) is 0 Å². The normalized spacial score (nSPS) is 20.0. The molecule has 2 atom stereocenters. The molecule has 1 N–H and O–H groups in total. The number of likely N-dealkylation sites (tertiary alicyclic amines) is 1. The molecule has 0 spiro atoms. The van der Waals surface area contributed by atoms with Gasteiger partial charge in [0.2, 0.25) is 11.8 Å². The first-order valence-electron chi connectivity index (χ1n) is 8.58. The molecule has 2 unspecified atom stereocenters. The van der Waals surface area contributed by atoms with E-state index in [1.165, 1.54) is 0 Å². The van der Waals surface area contributed by atoms with Gasteiger partial charge in [0.15, 0.2) is 5.82 Å². The second kappa shape index (κ2) is 7.43. The Labute approximate surface area is 138 Å². The molecule has 0 saturated carbocycles. The van der Waals surface area contributed by atoms with E-state index in [0.29, 0.717) is 37.4 Å². The molecule has 1 aliphatic rings. The summed E-state index contributed by atoms with van der Waals surface area (Å²) in [6, 6.07) is 0.193. The molecular formula is C17H29N3O3. The van der Waals surface area contributed by atoms with Crippen molar-refractivity contribution in [3.05, 3.63) is 11.7 Å². The number of hydrogen-bond acceptors (Lipinski definition) is 5. The number of carbonyl (C=O) groups is 1. The van der Waals surface area contributed by atoms with Crippen LogP contribution in [0.1, 0.15) is 71.5 Å². The van der Waals surface area contributed by atoms with Crippen molar-refractivity contribution in [1.82, 2.24) is 15.0 Å². The fourth-order valence-corrected chi connectivity index (χ4v) is 3.00. The van der Waals surface area contributed by atoms with E-state index in [-0.39, 0.29) is 23.5 Å². The van der Waals surface area contributed by atoms with E-state index in [1.807, 2.05) is 25.7 Å². The molecule has 2 rings (SSSR count). The van der Waals surface area contributed by atoms with Gasteiger partial charge in [-0.15, -0.1) is 0 Å². The van der Waals surface area contributed by atoms with Crippen LogP contribution in [0.25, 0.3) is 0 Å². The number of carbonyl (C=O) groups excluding carboxylic acids is 1. The zero-order valence-corrected chi connectivity index (χ0v) is 14.7. The van der Waals surface area contributed by atoms with Gasteiger partial charge in [-0.05, 0) is 32.6 Å². The van der Waals surface area contributed by atoms with E-state index < -0.39 is 0 Å². The number of rotatable bonds is 6. The van der Waals surface area contributed by atoms with Crippen molar-refractivity contribution in [3.63, 3.8) is 0 Å². The molecule has 0 aromatic carbocycles. The first-order chi connectivity index (χ1) is 10.8. The molecule has 6 nitrogen and oxygen atoms in total. The molecule has 130 valence electrons. The largest absolute Gasteiger partial charge is 0.393 e. The van der Waals surface area contributed by atoms with Crippen LogP contribution >= 0.6 is 0 Å². The van der Waals surface area contributed by atoms with Crippen molar-refractivity contribution < 1.29 is 14.4 Å². The zero-order valence-electron chi connectivity index (χ0n) is 14.7. The van der Waals surface area contributed by atoms with Gasteiger partial charge in [0.25, 0.3) is 0 Å². The number of aromatic nitrogens is 2. The van der Waals surface area contributed by atoms with Gasteiger partial charge >= 0.3 is 0 Å². The summed E-state index contributed by atoms with van der Waals surface area (Å²) in [5.41, 5.74) is -0.124. The van der Waals surface area contributed by atoms with E-state index in [0.717, 1.165) is 19.4 Å². The Kier molecular flexibility index (Phi) is 5.79. The van der Waals surface area contributed by atoms with Gasteiger partial charge in [-0.3, -0.25) is 4.79 Å². The topological polar surface area (TPSA) is 79.5 Å². The minimum atomic E-state index is -0.359. The van der Waals surface area contributed by atoms with Crippen LogP contribution in [0.15, 0.2) is 4.52 Å². The fraction of sp³-hybridized carbons (Fsp3) is 0.824. The summed E-state index contributed by atoms with van der Waals surface area (Å²) in [6.45, 7) is 8.72. The standard InChI is InChI=1S/C17H29N3O3/c1-12(21)11-13-7-6-10-20(13)15(22)9-5-8-14-18-16(19-23-14)17(2,3)4/h12-13,21H,5-11H2,1-4H3. The highest BCUT2D eigenvalue weighted by Crippen LogP contribution is 2.23. The molecular weight excluding hydrogens is 294 g/mol. The minimum Gasteiger partial charge on any atom is -0.393 e. The van der Waals surface area contributed by atoms with E-state index in [9.17, 15) is 9.90 Å². The molecule has 0 aliphatic carbocycles. The molecule has 23 heavy (non-hydrogen) atoms. The van der Waals surface area contributed by atoms with E-state index >= 15 is 0 Å². The summed E-state index contributed by atoms with van der Waals surface area (Å²) in [5.74, 6) is 1.48. The van der Waals surface area contributed by atoms with Gasteiger partial charge in [-0.2, -0.15) is 4.98 Å². The molecule has 1 aromatic heterocycles. The second-order valence-electron chi connectivity index (χ2n) is 7.58. The number of amides is 1. The number of aliphatic hydroxyl groups is 1. The SMILES string of the molecule is CC(O)CC1CCCN1C(=O)CCCc1nc(C(C)(C)C)no1. The molecule has 2 heterocycles. The van der Waals surface area contributed by atoms with Gasteiger partial charge in [-0.25, -0.2) is 0 Å². The number of nitrogens with zero attached hydrogens (tertiary/aromatic N) is 3. The van der Waals surface area contributed by atoms with Crippen molar-refractivity contribution in [1.29, 1.82) is 0 Å². The molecule has 1 saturated heterocycles. The average molecular weight is 323 g/mol. The maximum atomic E-state index is 12.4. The average Bonchev–Trinajstić information content (AvgIpc) is 3.06. The van der Waals surface area contributed by atoms with E-state index in [4.69, 9.17) is 4.52 Å². The van der Waals surface area contributed by atoms with Crippen LogP contribution in [0.3, 0.4) is 0 Å². The third-order valence-electron chi connectivity index (χ3n) is 4.23. The smallest absolute Gasteiger partial charge is 0.226 e. The molecule has 1 amide bonds. The maximum absolute atomic E-state index is 12.4. The molecule has 0 bridgehead atoms. The lowest BCUT2D eigenvalue weighted by Crippen LogP contribution is -2.37. The van der Waals surface area contributed by atoms with Crippen molar-refractivity contribution in [2.45, 2.75) is 83.8 Å². The Morgan fingerprint density at radius 1 is 1.48 bits per heavy atom. The van der Waals surface area contributed by atoms with E-state index in [2.05, 4.69) is 10.1 Å². The lowest BCUT2D eigenvalue weighted by Gasteiger charge is -2.25. The van der Waals surface area contributed by atoms with Gasteiger partial charge in [-0.1, -0.05) is 25.9 Å². The first kappa shape index (κ1) is 17.9. The summed E-state index contributed by atoms with van der Waals surface area (Å²) in [6.07, 6.45) is 4.17. The summed E-state index contributed by atoms with van der Waals surface area (Å²) in [5, 5.41) is 13.5. The Balaban J connectivity index is 1.79. The summed E-state index contributed by atoms with van der Waals surface area (Å²) >= 11 is 0. The molecule has 1 fully saturated rings. The monoisotopic (exact) mass is 323 g/mol. The molecule has 1 aliphatic heterocycles. The van der Waals surface area contributed by atoms with E-state index in [1.54, 1.807) is 6.92 Å². The van der Waals surface area contributed by atoms with Crippen molar-refractivity contribution in [2.75, 3.05) is 6.54 Å². The summed E-state index contributed by atoms with van der Waals surface area (Å²) in [4.78, 5) is 18.7. The zero-order chi connectivity index (χ0) is 17.0. The molecule has 6 heteroatoms. The first-order valence-corrected chi connectivity index (χ1v) is 8.58. The van der Waals surface area contributed by atoms with Gasteiger partial charge in [0.05, 0.1) is 6.10 Å². The summed E-state index contributed by atoms with van der Waals surface area (Å²) in [7, 11) is 0. The molecule has 1 aromatic rings. The highest BCUT2D eigenvalue weighted by atomic mass is 16.5. The predicted molar refractivity (Wildman–Crippen MR) is 87.0 cm³/mol. The Morgan fingerprint density at radius 3 is 2.83 bits per heavy atom. The molecule has 0 radical (unpaired) electrons. The van der Waals surface area contributed by atoms with Crippen molar-refractivity contribution >= 4 is 5.91 Å². The summed E-state index contributed by atoms with van der Waals surface area (Å²) < 4.78 is 5.25. The van der Waals surface area contributed by atoms with Crippen LogP contribution in [0, 0.1) is 0 Å². The predicted octanol–water partition coefficient (Wildman–Crippen LogP) is 2.45.